The third-order valence-electron chi connectivity index (χ3n) is 4.17. The molecule has 1 fully saturated rings. The Labute approximate surface area is 184 Å². The molecule has 1 aliphatic rings. The number of piperazine rings is 1. The predicted octanol–water partition coefficient (Wildman–Crippen LogP) is 3.78. The minimum atomic E-state index is -4.17. The van der Waals surface area contributed by atoms with E-state index in [9.17, 15) is 13.2 Å². The van der Waals surface area contributed by atoms with Gasteiger partial charge >= 0.3 is 6.18 Å². The fraction of sp³-hybridized carbons (Fsp3) is 0.750. The lowest BCUT2D eigenvalue weighted by molar-refractivity contribution is -0.181. The van der Waals surface area contributed by atoms with E-state index in [2.05, 4.69) is 20.2 Å². The van der Waals surface area contributed by atoms with E-state index in [1.165, 1.54) is 11.8 Å². The van der Waals surface area contributed by atoms with Crippen molar-refractivity contribution in [1.82, 2.24) is 20.1 Å². The van der Waals surface area contributed by atoms with Crippen LogP contribution >= 0.6 is 47.1 Å². The molecular weight excluding hydrogens is 510 g/mol. The third-order valence-corrected chi connectivity index (χ3v) is 6.22. The molecule has 0 aliphatic carbocycles. The molecule has 11 heteroatoms. The Balaban J connectivity index is 0.00000364. The highest BCUT2D eigenvalue weighted by Gasteiger charge is 2.41. The van der Waals surface area contributed by atoms with Crippen LogP contribution in [0, 0.1) is 0 Å². The van der Waals surface area contributed by atoms with Gasteiger partial charge in [-0.15, -0.1) is 35.3 Å². The lowest BCUT2D eigenvalue weighted by Gasteiger charge is -2.39. The lowest BCUT2D eigenvalue weighted by atomic mass is 10.2. The van der Waals surface area contributed by atoms with Crippen LogP contribution in [0.15, 0.2) is 20.9 Å². The van der Waals surface area contributed by atoms with Crippen molar-refractivity contribution in [2.75, 3.05) is 45.0 Å². The molecule has 2 heterocycles. The molecule has 27 heavy (non-hydrogen) atoms. The Hall–Kier alpha value is -0.270. The van der Waals surface area contributed by atoms with Crippen molar-refractivity contribution in [3.05, 3.63) is 11.6 Å². The maximum absolute atomic E-state index is 12.9. The fourth-order valence-electron chi connectivity index (χ4n) is 2.64. The Morgan fingerprint density at radius 2 is 2.07 bits per heavy atom. The van der Waals surface area contributed by atoms with Gasteiger partial charge in [0.15, 0.2) is 5.96 Å². The first kappa shape index (κ1) is 24.8. The van der Waals surface area contributed by atoms with E-state index in [4.69, 9.17) is 0 Å². The average Bonchev–Trinajstić information content (AvgIpc) is 3.13. The van der Waals surface area contributed by atoms with Crippen LogP contribution in [0.2, 0.25) is 0 Å². The van der Waals surface area contributed by atoms with Crippen molar-refractivity contribution in [3.8, 4) is 0 Å². The molecule has 0 spiro atoms. The second-order valence-electron chi connectivity index (χ2n) is 5.98. The van der Waals surface area contributed by atoms with Crippen molar-refractivity contribution < 1.29 is 13.2 Å². The van der Waals surface area contributed by atoms with Crippen molar-refractivity contribution >= 4 is 53.0 Å². The van der Waals surface area contributed by atoms with Gasteiger partial charge in [-0.1, -0.05) is 11.8 Å². The zero-order chi connectivity index (χ0) is 19.0. The second kappa shape index (κ2) is 12.3. The maximum atomic E-state index is 12.9. The van der Waals surface area contributed by atoms with Gasteiger partial charge in [-0.25, -0.2) is 4.98 Å². The van der Waals surface area contributed by atoms with Crippen LogP contribution in [0.4, 0.5) is 13.2 Å². The topological polar surface area (TPSA) is 43.8 Å². The minimum Gasteiger partial charge on any atom is -0.357 e. The number of halogens is 4. The van der Waals surface area contributed by atoms with Gasteiger partial charge in [0.2, 0.25) is 0 Å². The van der Waals surface area contributed by atoms with Crippen molar-refractivity contribution in [1.29, 1.82) is 0 Å². The first-order chi connectivity index (χ1) is 12.4. The maximum Gasteiger partial charge on any atom is 0.403 e. The summed E-state index contributed by atoms with van der Waals surface area (Å²) in [6, 6.07) is -1.40. The zero-order valence-corrected chi connectivity index (χ0v) is 19.5. The molecule has 2 rings (SSSR count). The number of thiazole rings is 1. The van der Waals surface area contributed by atoms with E-state index in [1.807, 2.05) is 12.3 Å². The monoisotopic (exact) mass is 537 g/mol. The van der Waals surface area contributed by atoms with Gasteiger partial charge in [0.05, 0.1) is 0 Å². The molecule has 0 aromatic carbocycles. The highest BCUT2D eigenvalue weighted by atomic mass is 127. The first-order valence-electron chi connectivity index (χ1n) is 8.78. The number of nitrogens with one attached hydrogen (secondary N) is 1. The molecule has 0 saturated carbocycles. The SMILES string of the molecule is CCNC(=NCCCSc1nccs1)N1CCN(C(C)C(F)(F)F)CC1.I. The summed E-state index contributed by atoms with van der Waals surface area (Å²) in [5.41, 5.74) is 0. The number of thioether (sulfide) groups is 1. The van der Waals surface area contributed by atoms with E-state index in [0.717, 1.165) is 29.0 Å². The molecule has 0 bridgehead atoms. The number of aromatic nitrogens is 1. The number of hydrogen-bond donors (Lipinski definition) is 1. The Kier molecular flexibility index (Phi) is 11.3. The van der Waals surface area contributed by atoms with Gasteiger partial charge in [0.1, 0.15) is 10.4 Å². The van der Waals surface area contributed by atoms with Crippen LogP contribution in [0.25, 0.3) is 0 Å². The highest BCUT2D eigenvalue weighted by Crippen LogP contribution is 2.25. The summed E-state index contributed by atoms with van der Waals surface area (Å²) in [5.74, 6) is 1.75. The van der Waals surface area contributed by atoms with Gasteiger partial charge in [0, 0.05) is 56.6 Å². The Morgan fingerprint density at radius 1 is 1.37 bits per heavy atom. The molecule has 0 radical (unpaired) electrons. The van der Waals surface area contributed by atoms with Gasteiger partial charge in [-0.2, -0.15) is 13.2 Å². The molecular formula is C16H27F3IN5S2. The summed E-state index contributed by atoms with van der Waals surface area (Å²) in [4.78, 5) is 12.4. The van der Waals surface area contributed by atoms with Crippen LogP contribution in [0.3, 0.4) is 0 Å². The van der Waals surface area contributed by atoms with E-state index in [0.29, 0.717) is 32.7 Å². The molecule has 156 valence electrons. The van der Waals surface area contributed by atoms with Crippen molar-refractivity contribution in [3.63, 3.8) is 0 Å². The number of aliphatic imine (C=N–C) groups is 1. The average molecular weight is 537 g/mol. The van der Waals surface area contributed by atoms with Crippen molar-refractivity contribution in [2.24, 2.45) is 4.99 Å². The number of rotatable bonds is 7. The van der Waals surface area contributed by atoms with Gasteiger partial charge in [-0.05, 0) is 20.3 Å². The smallest absolute Gasteiger partial charge is 0.357 e. The molecule has 1 atom stereocenters. The largest absolute Gasteiger partial charge is 0.403 e. The predicted molar refractivity (Wildman–Crippen MR) is 118 cm³/mol. The number of hydrogen-bond acceptors (Lipinski definition) is 5. The summed E-state index contributed by atoms with van der Waals surface area (Å²) >= 11 is 3.36. The second-order valence-corrected chi connectivity index (χ2v) is 8.21. The third kappa shape index (κ3) is 8.32. The van der Waals surface area contributed by atoms with Crippen molar-refractivity contribution in [2.45, 2.75) is 36.8 Å². The van der Waals surface area contributed by atoms with Crippen LogP contribution in [0.5, 0.6) is 0 Å². The Bertz CT molecular complexity index is 549. The van der Waals surface area contributed by atoms with Crippen LogP contribution < -0.4 is 5.32 Å². The standard InChI is InChI=1S/C16H26F3N5S2.HI/c1-3-20-14(21-5-4-11-25-15-22-6-12-26-15)24-9-7-23(8-10-24)13(2)16(17,18)19;/h6,12-13H,3-5,7-11H2,1-2H3,(H,20,21);1H. The molecule has 1 N–H and O–H groups in total. The first-order valence-corrected chi connectivity index (χ1v) is 10.6. The lowest BCUT2D eigenvalue weighted by Crippen LogP contribution is -2.56. The summed E-state index contributed by atoms with van der Waals surface area (Å²) in [5, 5.41) is 5.21. The molecule has 1 aromatic rings. The summed E-state index contributed by atoms with van der Waals surface area (Å²) in [7, 11) is 0. The quantitative estimate of drug-likeness (QED) is 0.189. The van der Waals surface area contributed by atoms with Gasteiger partial charge < -0.3 is 10.2 Å². The summed E-state index contributed by atoms with van der Waals surface area (Å²) in [6.45, 7) is 6.56. The summed E-state index contributed by atoms with van der Waals surface area (Å²) in [6.07, 6.45) is -1.44. The molecule has 1 aromatic heterocycles. The minimum absolute atomic E-state index is 0. The van der Waals surface area contributed by atoms with Crippen LogP contribution in [-0.2, 0) is 0 Å². The van der Waals surface area contributed by atoms with Crippen LogP contribution in [0.1, 0.15) is 20.3 Å². The number of nitrogens with zero attached hydrogens (tertiary/aromatic N) is 4. The van der Waals surface area contributed by atoms with E-state index in [-0.39, 0.29) is 24.0 Å². The van der Waals surface area contributed by atoms with Gasteiger partial charge in [-0.3, -0.25) is 9.89 Å². The molecule has 5 nitrogen and oxygen atoms in total. The molecule has 1 aliphatic heterocycles. The number of alkyl halides is 3. The van der Waals surface area contributed by atoms with Crippen LogP contribution in [-0.4, -0.2) is 78.0 Å². The van der Waals surface area contributed by atoms with E-state index in [1.54, 1.807) is 29.3 Å². The molecule has 0 amide bonds. The normalized spacial score (nSPS) is 17.5. The van der Waals surface area contributed by atoms with E-state index < -0.39 is 12.2 Å². The van der Waals surface area contributed by atoms with Gasteiger partial charge in [0.25, 0.3) is 0 Å². The fourth-order valence-corrected chi connectivity index (χ4v) is 4.28. The Morgan fingerprint density at radius 3 is 2.63 bits per heavy atom. The molecule has 1 unspecified atom stereocenters. The number of guanidine groups is 1. The summed E-state index contributed by atoms with van der Waals surface area (Å²) < 4.78 is 39.6. The highest BCUT2D eigenvalue weighted by molar-refractivity contribution is 14.0. The van der Waals surface area contributed by atoms with E-state index >= 15 is 0 Å². The zero-order valence-electron chi connectivity index (χ0n) is 15.5. The molecule has 1 saturated heterocycles.